The Morgan fingerprint density at radius 1 is 0.709 bits per heavy atom. The molecule has 7 rings (SSSR count). The first-order valence-corrected chi connectivity index (χ1v) is 17.6. The van der Waals surface area contributed by atoms with Crippen molar-refractivity contribution in [2.24, 2.45) is 0 Å². The van der Waals surface area contributed by atoms with Gasteiger partial charge in [-0.3, -0.25) is 0 Å². The monoisotopic (exact) mass is 730 g/mol. The average Bonchev–Trinajstić information content (AvgIpc) is 3.17. The minimum atomic E-state index is -1.53. The van der Waals surface area contributed by atoms with Crippen LogP contribution in [0.25, 0.3) is 67.5 Å². The van der Waals surface area contributed by atoms with E-state index in [4.69, 9.17) is 4.74 Å². The molecule has 1 heterocycles. The van der Waals surface area contributed by atoms with Gasteiger partial charge in [0, 0.05) is 33.4 Å². The molecule has 0 aromatic heterocycles. The Balaban J connectivity index is 1.60. The van der Waals surface area contributed by atoms with Crippen LogP contribution in [-0.2, 0) is 6.42 Å². The van der Waals surface area contributed by atoms with Gasteiger partial charge in [0.25, 0.3) is 0 Å². The van der Waals surface area contributed by atoms with Gasteiger partial charge in [-0.2, -0.15) is 0 Å². The number of aromatic carboxylic acids is 1. The van der Waals surface area contributed by atoms with Gasteiger partial charge in [0.1, 0.15) is 23.0 Å². The Bertz CT molecular complexity index is 2570. The van der Waals surface area contributed by atoms with Gasteiger partial charge in [-0.1, -0.05) is 86.0 Å². The maximum Gasteiger partial charge on any atom is 0.337 e. The van der Waals surface area contributed by atoms with Crippen molar-refractivity contribution >= 4 is 51.2 Å². The molecule has 0 atom stereocenters. The molecule has 8 nitrogen and oxygen atoms in total. The maximum atomic E-state index is 13.6. The summed E-state index contributed by atoms with van der Waals surface area (Å²) in [4.78, 5) is 13.6. The first-order chi connectivity index (χ1) is 26.4. The lowest BCUT2D eigenvalue weighted by Crippen LogP contribution is -2.15. The molecule has 2 aliphatic rings. The van der Waals surface area contributed by atoms with Crippen LogP contribution in [-0.4, -0.2) is 36.6 Å². The van der Waals surface area contributed by atoms with Crippen molar-refractivity contribution in [2.45, 2.75) is 26.7 Å². The molecule has 0 amide bonds. The fourth-order valence-corrected chi connectivity index (χ4v) is 7.44. The number of carbonyl (C=O) groups is 1. The fraction of sp³-hybridized carbons (Fsp3) is 0.0851. The minimum Gasteiger partial charge on any atom is -0.509 e. The summed E-state index contributed by atoms with van der Waals surface area (Å²) in [6.45, 7) is 10.5. The van der Waals surface area contributed by atoms with E-state index in [1.165, 1.54) is 26.2 Å². The number of hydrogen-bond donors (Lipinski definition) is 6. The van der Waals surface area contributed by atoms with Gasteiger partial charge < -0.3 is 35.4 Å². The summed E-state index contributed by atoms with van der Waals surface area (Å²) in [5, 5.41) is 69.7. The van der Waals surface area contributed by atoms with Crippen molar-refractivity contribution in [1.82, 2.24) is 0 Å². The molecule has 0 saturated heterocycles. The van der Waals surface area contributed by atoms with Gasteiger partial charge in [0.15, 0.2) is 11.5 Å². The summed E-state index contributed by atoms with van der Waals surface area (Å²) in [6.07, 6.45) is 10.3. The highest BCUT2D eigenvalue weighted by Crippen LogP contribution is 2.48. The van der Waals surface area contributed by atoms with Crippen LogP contribution in [0.4, 0.5) is 0 Å². The van der Waals surface area contributed by atoms with E-state index in [2.05, 4.69) is 19.2 Å². The summed E-state index contributed by atoms with van der Waals surface area (Å²) >= 11 is 0. The van der Waals surface area contributed by atoms with E-state index in [-0.39, 0.29) is 33.4 Å². The van der Waals surface area contributed by atoms with Gasteiger partial charge >= 0.3 is 5.97 Å². The summed E-state index contributed by atoms with van der Waals surface area (Å²) < 4.78 is 6.11. The minimum absolute atomic E-state index is 0.134. The van der Waals surface area contributed by atoms with Crippen LogP contribution in [0.1, 0.15) is 69.6 Å². The average molecular weight is 731 g/mol. The first-order valence-electron chi connectivity index (χ1n) is 17.6. The number of allylic oxidation sites excluding steroid dienone is 7. The third-order valence-corrected chi connectivity index (χ3v) is 9.94. The van der Waals surface area contributed by atoms with Gasteiger partial charge in [-0.05, 0) is 107 Å². The summed E-state index contributed by atoms with van der Waals surface area (Å²) in [7, 11) is 0. The van der Waals surface area contributed by atoms with Crippen LogP contribution in [0.5, 0.6) is 5.75 Å². The smallest absolute Gasteiger partial charge is 0.337 e. The number of carboxylic acid groups (broad SMARTS) is 1. The molecule has 6 N–H and O–H groups in total. The van der Waals surface area contributed by atoms with Crippen LogP contribution >= 0.6 is 0 Å². The molecule has 1 aliphatic carbocycles. The van der Waals surface area contributed by atoms with Crippen molar-refractivity contribution in [3.63, 3.8) is 0 Å². The van der Waals surface area contributed by atoms with E-state index in [9.17, 15) is 35.4 Å². The third-order valence-electron chi connectivity index (χ3n) is 9.94. The van der Waals surface area contributed by atoms with E-state index in [1.807, 2.05) is 66.7 Å². The van der Waals surface area contributed by atoms with E-state index in [1.54, 1.807) is 24.3 Å². The van der Waals surface area contributed by atoms with E-state index in [0.717, 1.165) is 40.3 Å². The van der Waals surface area contributed by atoms with E-state index < -0.39 is 45.9 Å². The first kappa shape index (κ1) is 36.2. The normalized spacial score (nSPS) is 16.0. The second-order valence-corrected chi connectivity index (χ2v) is 13.5. The number of fused-ring (bicyclic) bond motifs is 3. The molecule has 55 heavy (non-hydrogen) atoms. The third kappa shape index (κ3) is 6.44. The Labute approximate surface area is 317 Å². The molecular weight excluding hydrogens is 693 g/mol. The molecular formula is C47H38O8. The number of ether oxygens (including phenoxy) is 1. The highest BCUT2D eigenvalue weighted by molar-refractivity contribution is 6.10. The Kier molecular flexibility index (Phi) is 9.42. The molecule has 0 bridgehead atoms. The molecule has 0 radical (unpaired) electrons. The van der Waals surface area contributed by atoms with Crippen LogP contribution in [0.3, 0.4) is 0 Å². The molecule has 0 fully saturated rings. The number of aliphatic hydroxyl groups excluding tert-OH is 5. The lowest BCUT2D eigenvalue weighted by Gasteiger charge is -2.26. The van der Waals surface area contributed by atoms with Crippen molar-refractivity contribution in [3.8, 4) is 28.0 Å². The van der Waals surface area contributed by atoms with Gasteiger partial charge in [0.05, 0.1) is 11.8 Å². The van der Waals surface area contributed by atoms with Gasteiger partial charge in [-0.15, -0.1) is 0 Å². The summed E-state index contributed by atoms with van der Waals surface area (Å²) in [5.74, 6) is -4.38. The molecule has 5 aromatic carbocycles. The number of aliphatic hydroxyl groups is 5. The number of rotatable bonds is 7. The SMILES string of the molecule is C=C1/C=C(c2c(/C(O)=C(\C)O)c(C(=C)O)c(-c3cccc(-c4cccc5ccccc45)c3)c(C(=O)O)c2/C(O)=C(\C)O)\C=C/Oc2cc3c(cc21)C=CCC3. The number of carboxylic acids is 1. The van der Waals surface area contributed by atoms with Crippen molar-refractivity contribution in [3.05, 3.63) is 173 Å². The largest absolute Gasteiger partial charge is 0.509 e. The maximum absolute atomic E-state index is 13.6. The Morgan fingerprint density at radius 2 is 1.38 bits per heavy atom. The number of aryl methyl sites for hydroxylation is 1. The van der Waals surface area contributed by atoms with Crippen molar-refractivity contribution in [1.29, 1.82) is 0 Å². The molecule has 0 unspecified atom stereocenters. The zero-order valence-electron chi connectivity index (χ0n) is 30.2. The topological polar surface area (TPSA) is 148 Å². The Hall–Kier alpha value is -7.19. The predicted molar refractivity (Wildman–Crippen MR) is 220 cm³/mol. The molecule has 5 aromatic rings. The fourth-order valence-electron chi connectivity index (χ4n) is 7.44. The highest BCUT2D eigenvalue weighted by Gasteiger charge is 2.35. The lowest BCUT2D eigenvalue weighted by molar-refractivity contribution is 0.0696. The summed E-state index contributed by atoms with van der Waals surface area (Å²) in [5.41, 5.74) is 3.47. The standard InChI is InChI=1S/C47H38O8/c1-25-21-34(19-20-55-38-24-31-13-6-5-12-30(31)23-37(25)38)41-42(45(51)27(3)49)39(26(2)48)40(44(47(53)54)43(41)46(52)28(4)50)33-16-9-15-32(22-33)36-18-10-14-29-11-7-8-17-35(29)36/h5,7-12,14-24,48-52H,1-2,6,13H2,3-4H3,(H,53,54)/b20-19-,34-21+,45-27-,46-28-. The van der Waals surface area contributed by atoms with Crippen molar-refractivity contribution in [2.75, 3.05) is 0 Å². The van der Waals surface area contributed by atoms with E-state index in [0.29, 0.717) is 22.4 Å². The zero-order chi connectivity index (χ0) is 39.1. The van der Waals surface area contributed by atoms with Crippen LogP contribution in [0.2, 0.25) is 0 Å². The van der Waals surface area contributed by atoms with Crippen LogP contribution in [0.15, 0.2) is 128 Å². The molecule has 0 spiro atoms. The van der Waals surface area contributed by atoms with Crippen molar-refractivity contribution < 1.29 is 40.2 Å². The lowest BCUT2D eigenvalue weighted by atomic mass is 9.78. The zero-order valence-corrected chi connectivity index (χ0v) is 30.2. The second-order valence-electron chi connectivity index (χ2n) is 13.5. The molecule has 8 heteroatoms. The number of hydrogen-bond acceptors (Lipinski definition) is 7. The highest BCUT2D eigenvalue weighted by atomic mass is 16.5. The Morgan fingerprint density at radius 3 is 2.09 bits per heavy atom. The number of benzene rings is 5. The quantitative estimate of drug-likeness (QED) is 0.0907. The van der Waals surface area contributed by atoms with Crippen LogP contribution < -0.4 is 4.74 Å². The molecule has 274 valence electrons. The van der Waals surface area contributed by atoms with Gasteiger partial charge in [0.2, 0.25) is 0 Å². The second kappa shape index (κ2) is 14.3. The van der Waals surface area contributed by atoms with Crippen LogP contribution in [0, 0.1) is 0 Å². The van der Waals surface area contributed by atoms with Gasteiger partial charge in [-0.25, -0.2) is 4.79 Å². The van der Waals surface area contributed by atoms with E-state index >= 15 is 0 Å². The molecule has 1 aliphatic heterocycles. The summed E-state index contributed by atoms with van der Waals surface area (Å²) in [6, 6.07) is 24.5. The predicted octanol–water partition coefficient (Wildman–Crippen LogP) is 12.0. The molecule has 0 saturated carbocycles.